The van der Waals surface area contributed by atoms with Gasteiger partial charge in [0.05, 0.1) is 25.7 Å². The zero-order valence-corrected chi connectivity index (χ0v) is 26.2. The Balaban J connectivity index is 1.05. The van der Waals surface area contributed by atoms with Crippen LogP contribution in [0.5, 0.6) is 5.75 Å². The van der Waals surface area contributed by atoms with Crippen molar-refractivity contribution in [1.29, 1.82) is 0 Å². The first-order valence-electron chi connectivity index (χ1n) is 16.7. The average molecular weight is 628 g/mol. The van der Waals surface area contributed by atoms with Crippen LogP contribution in [-0.2, 0) is 30.2 Å². The molecular formula is C40H37NO6. The van der Waals surface area contributed by atoms with Gasteiger partial charge in [0.2, 0.25) is 0 Å². The van der Waals surface area contributed by atoms with Crippen molar-refractivity contribution < 1.29 is 28.5 Å². The van der Waals surface area contributed by atoms with Gasteiger partial charge in [-0.3, -0.25) is 14.9 Å². The van der Waals surface area contributed by atoms with Crippen LogP contribution < -0.4 is 10.1 Å². The molecule has 0 amide bonds. The summed E-state index contributed by atoms with van der Waals surface area (Å²) in [5, 5.41) is 3.57. The van der Waals surface area contributed by atoms with Crippen molar-refractivity contribution in [3.8, 4) is 5.75 Å². The van der Waals surface area contributed by atoms with Gasteiger partial charge >= 0.3 is 11.9 Å². The molecule has 238 valence electrons. The number of fused-ring (bicyclic) bond motifs is 2. The maximum Gasteiger partial charge on any atom is 0.326 e. The predicted molar refractivity (Wildman–Crippen MR) is 174 cm³/mol. The summed E-state index contributed by atoms with van der Waals surface area (Å²) in [5.41, 5.74) is 6.10. The topological polar surface area (TPSA) is 83.1 Å². The fraction of sp³-hybridized carbons (Fsp3) is 0.350. The Morgan fingerprint density at radius 2 is 1.55 bits per heavy atom. The van der Waals surface area contributed by atoms with E-state index in [0.717, 1.165) is 17.5 Å². The summed E-state index contributed by atoms with van der Waals surface area (Å²) in [6, 6.07) is 34.2. The summed E-state index contributed by atoms with van der Waals surface area (Å²) in [5.74, 6) is 0.351. The number of ether oxygens (including phenoxy) is 4. The second kappa shape index (κ2) is 11.2. The Morgan fingerprint density at radius 3 is 2.32 bits per heavy atom. The molecule has 5 unspecified atom stereocenters. The van der Waals surface area contributed by atoms with Crippen LogP contribution in [0.3, 0.4) is 0 Å². The first-order chi connectivity index (χ1) is 23.0. The zero-order valence-electron chi connectivity index (χ0n) is 26.2. The highest BCUT2D eigenvalue weighted by molar-refractivity contribution is 5.85. The Kier molecular flexibility index (Phi) is 6.85. The van der Waals surface area contributed by atoms with E-state index in [1.165, 1.54) is 29.4 Å². The van der Waals surface area contributed by atoms with Gasteiger partial charge in [0.15, 0.2) is 6.29 Å². The Morgan fingerprint density at radius 1 is 0.851 bits per heavy atom. The number of nitrogens with one attached hydrogen (secondary N) is 1. The van der Waals surface area contributed by atoms with Gasteiger partial charge in [-0.05, 0) is 57.9 Å². The molecule has 4 aromatic rings. The average Bonchev–Trinajstić information content (AvgIpc) is 3.70. The van der Waals surface area contributed by atoms with Crippen molar-refractivity contribution in [2.24, 2.45) is 17.8 Å². The third kappa shape index (κ3) is 4.59. The van der Waals surface area contributed by atoms with Gasteiger partial charge in [-0.1, -0.05) is 91.0 Å². The molecule has 0 aromatic heterocycles. The lowest BCUT2D eigenvalue weighted by atomic mass is 9.52. The third-order valence-electron chi connectivity index (χ3n) is 11.4. The van der Waals surface area contributed by atoms with Crippen molar-refractivity contribution in [2.45, 2.75) is 55.1 Å². The summed E-state index contributed by atoms with van der Waals surface area (Å²) >= 11 is 0. The first-order valence-corrected chi connectivity index (χ1v) is 16.7. The van der Waals surface area contributed by atoms with E-state index in [0.29, 0.717) is 30.6 Å². The smallest absolute Gasteiger partial charge is 0.326 e. The molecule has 1 N–H and O–H groups in total. The van der Waals surface area contributed by atoms with Crippen molar-refractivity contribution in [3.63, 3.8) is 0 Å². The van der Waals surface area contributed by atoms with Gasteiger partial charge in [0, 0.05) is 36.6 Å². The second-order valence-corrected chi connectivity index (χ2v) is 13.8. The van der Waals surface area contributed by atoms with Crippen LogP contribution >= 0.6 is 0 Å². The van der Waals surface area contributed by atoms with Crippen LogP contribution in [0.25, 0.3) is 0 Å². The van der Waals surface area contributed by atoms with E-state index in [2.05, 4.69) is 41.7 Å². The molecular weight excluding hydrogens is 590 g/mol. The van der Waals surface area contributed by atoms with Crippen LogP contribution in [0.4, 0.5) is 0 Å². The van der Waals surface area contributed by atoms with Crippen molar-refractivity contribution >= 4 is 11.9 Å². The van der Waals surface area contributed by atoms with E-state index in [-0.39, 0.29) is 42.6 Å². The number of carbonyl (C=O) groups excluding carboxylic acids is 2. The van der Waals surface area contributed by atoms with Crippen molar-refractivity contribution in [1.82, 2.24) is 5.32 Å². The molecule has 0 saturated carbocycles. The van der Waals surface area contributed by atoms with Gasteiger partial charge in [0.1, 0.15) is 11.3 Å². The van der Waals surface area contributed by atoms with Gasteiger partial charge in [-0.25, -0.2) is 0 Å². The van der Waals surface area contributed by atoms with Crippen LogP contribution in [0.15, 0.2) is 103 Å². The Labute approximate surface area is 274 Å². The van der Waals surface area contributed by atoms with Crippen LogP contribution in [-0.4, -0.2) is 43.6 Å². The molecule has 4 bridgehead atoms. The van der Waals surface area contributed by atoms with Crippen molar-refractivity contribution in [2.75, 3.05) is 13.7 Å². The molecule has 3 heterocycles. The SMILES string of the molecule is COC(=O)[C@]1(Cc2ccccc2)C[C@@H](C(=O)Oc2ccc3c(c2)C2c4ccccc4C3C3C4CO[C@H](CC23)O4)[C@@H](c2ccccc2)N1. The normalized spacial score (nSPS) is 32.6. The molecule has 3 fully saturated rings. The standard InChI is InChI=1S/C40H37NO6/c1-44-39(43)40(20-23-10-4-2-5-11-23)21-31(37(41-40)24-12-6-3-7-13-24)38(42)46-25-16-17-28-29(18-25)34-26-14-8-9-15-27(26)35(28)36-30(34)19-33-45-22-32(36)47-33/h2-18,30-37,41H,19-22H2,1H3/t30?,31-,32?,33+,34?,35?,36?,37-,40+/m1/s1. The van der Waals surface area contributed by atoms with Gasteiger partial charge in [0.25, 0.3) is 0 Å². The Bertz CT molecular complexity index is 1840. The van der Waals surface area contributed by atoms with Crippen LogP contribution in [0.1, 0.15) is 64.1 Å². The highest BCUT2D eigenvalue weighted by atomic mass is 16.7. The number of hydrogen-bond acceptors (Lipinski definition) is 7. The molecule has 7 heteroatoms. The van der Waals surface area contributed by atoms with Gasteiger partial charge in [-0.2, -0.15) is 0 Å². The maximum atomic E-state index is 14.3. The van der Waals surface area contributed by atoms with E-state index in [9.17, 15) is 9.59 Å². The Hall–Kier alpha value is -4.30. The fourth-order valence-electron chi connectivity index (χ4n) is 9.55. The van der Waals surface area contributed by atoms with Gasteiger partial charge < -0.3 is 18.9 Å². The fourth-order valence-corrected chi connectivity index (χ4v) is 9.55. The minimum absolute atomic E-state index is 0.0982. The summed E-state index contributed by atoms with van der Waals surface area (Å²) in [4.78, 5) is 27.7. The van der Waals surface area contributed by atoms with E-state index >= 15 is 0 Å². The molecule has 7 nitrogen and oxygen atoms in total. The molecule has 9 atom stereocenters. The molecule has 6 aliphatic rings. The summed E-state index contributed by atoms with van der Waals surface area (Å²) in [6.45, 7) is 0.650. The van der Waals surface area contributed by atoms with E-state index < -0.39 is 17.5 Å². The molecule has 0 spiro atoms. The summed E-state index contributed by atoms with van der Waals surface area (Å²) in [6.07, 6.45) is 1.47. The van der Waals surface area contributed by atoms with Crippen molar-refractivity contribution in [3.05, 3.63) is 137 Å². The number of hydrogen-bond donors (Lipinski definition) is 1. The number of rotatable bonds is 6. The minimum Gasteiger partial charge on any atom is -0.468 e. The molecule has 4 aromatic carbocycles. The summed E-state index contributed by atoms with van der Waals surface area (Å²) in [7, 11) is 1.40. The predicted octanol–water partition coefficient (Wildman–Crippen LogP) is 6.07. The zero-order chi connectivity index (χ0) is 31.7. The third-order valence-corrected chi connectivity index (χ3v) is 11.4. The van der Waals surface area contributed by atoms with Crippen LogP contribution in [0.2, 0.25) is 0 Å². The van der Waals surface area contributed by atoms with E-state index in [4.69, 9.17) is 18.9 Å². The largest absolute Gasteiger partial charge is 0.468 e. The second-order valence-electron chi connectivity index (χ2n) is 13.8. The van der Waals surface area contributed by atoms with Crippen LogP contribution in [0, 0.1) is 17.8 Å². The lowest BCUT2D eigenvalue weighted by molar-refractivity contribution is -0.148. The number of carbonyl (C=O) groups is 2. The summed E-state index contributed by atoms with van der Waals surface area (Å²) < 4.78 is 23.9. The number of methoxy groups -OCH3 is 1. The highest BCUT2D eigenvalue weighted by Gasteiger charge is 2.58. The molecule has 0 radical (unpaired) electrons. The minimum atomic E-state index is -1.08. The van der Waals surface area contributed by atoms with Gasteiger partial charge in [-0.15, -0.1) is 0 Å². The first kappa shape index (κ1) is 28.9. The lowest BCUT2D eigenvalue weighted by Gasteiger charge is -2.54. The lowest BCUT2D eigenvalue weighted by Crippen LogP contribution is -2.50. The quantitative estimate of drug-likeness (QED) is 0.205. The maximum absolute atomic E-state index is 14.3. The molecule has 47 heavy (non-hydrogen) atoms. The molecule has 3 aliphatic heterocycles. The highest BCUT2D eigenvalue weighted by Crippen LogP contribution is 2.63. The molecule has 3 aliphatic carbocycles. The number of esters is 2. The van der Waals surface area contributed by atoms with E-state index in [1.807, 2.05) is 66.7 Å². The van der Waals surface area contributed by atoms with E-state index in [1.54, 1.807) is 0 Å². The molecule has 3 saturated heterocycles. The monoisotopic (exact) mass is 627 g/mol. The molecule has 10 rings (SSSR count). The number of benzene rings is 4.